The molecule has 1 fully saturated rings. The van der Waals surface area contributed by atoms with E-state index in [9.17, 15) is 0 Å². The molecule has 3 rings (SSSR count). The van der Waals surface area contributed by atoms with Crippen LogP contribution in [0.4, 0.5) is 5.95 Å². The SMILES string of the molecule is Cc1ccsc1-c1nc(N2CCCNCC2)n[nH]1. The smallest absolute Gasteiger partial charge is 0.245 e. The number of aryl methyl sites for hydroxylation is 1. The lowest BCUT2D eigenvalue weighted by molar-refractivity contribution is 0.724. The molecule has 2 aromatic heterocycles. The van der Waals surface area contributed by atoms with E-state index in [1.54, 1.807) is 11.3 Å². The summed E-state index contributed by atoms with van der Waals surface area (Å²) in [5, 5.41) is 12.9. The van der Waals surface area contributed by atoms with E-state index in [1.807, 2.05) is 0 Å². The molecule has 1 aliphatic rings. The Balaban J connectivity index is 1.82. The third-order valence-corrected chi connectivity index (χ3v) is 4.20. The van der Waals surface area contributed by atoms with Crippen molar-refractivity contribution in [2.75, 3.05) is 31.1 Å². The summed E-state index contributed by atoms with van der Waals surface area (Å²) in [7, 11) is 0. The van der Waals surface area contributed by atoms with Crippen molar-refractivity contribution >= 4 is 17.3 Å². The maximum atomic E-state index is 4.62. The van der Waals surface area contributed by atoms with E-state index in [0.29, 0.717) is 0 Å². The zero-order valence-electron chi connectivity index (χ0n) is 10.4. The third kappa shape index (κ3) is 2.26. The lowest BCUT2D eigenvalue weighted by Gasteiger charge is -2.16. The van der Waals surface area contributed by atoms with Gasteiger partial charge in [0.1, 0.15) is 0 Å². The molecule has 0 saturated carbocycles. The first-order valence-electron chi connectivity index (χ1n) is 6.27. The molecule has 0 unspecified atom stereocenters. The van der Waals surface area contributed by atoms with Crippen LogP contribution >= 0.6 is 11.3 Å². The molecule has 0 radical (unpaired) electrons. The van der Waals surface area contributed by atoms with Gasteiger partial charge < -0.3 is 10.2 Å². The summed E-state index contributed by atoms with van der Waals surface area (Å²) in [5.74, 6) is 1.70. The highest BCUT2D eigenvalue weighted by atomic mass is 32.1. The van der Waals surface area contributed by atoms with E-state index in [4.69, 9.17) is 0 Å². The second-order valence-electron chi connectivity index (χ2n) is 4.51. The number of nitrogens with one attached hydrogen (secondary N) is 2. The first-order chi connectivity index (χ1) is 8.84. The number of hydrogen-bond donors (Lipinski definition) is 2. The number of hydrogen-bond acceptors (Lipinski definition) is 5. The van der Waals surface area contributed by atoms with Gasteiger partial charge in [-0.3, -0.25) is 5.10 Å². The van der Waals surface area contributed by atoms with Gasteiger partial charge >= 0.3 is 0 Å². The van der Waals surface area contributed by atoms with Crippen molar-refractivity contribution < 1.29 is 0 Å². The van der Waals surface area contributed by atoms with Gasteiger partial charge in [0.05, 0.1) is 4.88 Å². The maximum Gasteiger partial charge on any atom is 0.245 e. The molecule has 18 heavy (non-hydrogen) atoms. The van der Waals surface area contributed by atoms with Crippen molar-refractivity contribution in [2.45, 2.75) is 13.3 Å². The van der Waals surface area contributed by atoms with Gasteiger partial charge in [-0.1, -0.05) is 0 Å². The minimum absolute atomic E-state index is 0.821. The Bertz CT molecular complexity index is 510. The van der Waals surface area contributed by atoms with Crippen molar-refractivity contribution in [2.24, 2.45) is 0 Å². The van der Waals surface area contributed by atoms with Crippen LogP contribution in [0.15, 0.2) is 11.4 Å². The standard InChI is InChI=1S/C12H17N5S/c1-9-3-8-18-10(9)11-14-12(16-15-11)17-6-2-4-13-5-7-17/h3,8,13H,2,4-7H2,1H3,(H,14,15,16). The number of H-pyrrole nitrogens is 1. The topological polar surface area (TPSA) is 56.8 Å². The zero-order valence-corrected chi connectivity index (χ0v) is 11.3. The number of aromatic amines is 1. The summed E-state index contributed by atoms with van der Waals surface area (Å²) in [6.07, 6.45) is 1.14. The molecular formula is C12H17N5S. The van der Waals surface area contributed by atoms with Crippen molar-refractivity contribution in [3.8, 4) is 10.7 Å². The fourth-order valence-corrected chi connectivity index (χ4v) is 3.02. The number of aromatic nitrogens is 3. The molecular weight excluding hydrogens is 246 g/mol. The van der Waals surface area contributed by atoms with Crippen molar-refractivity contribution in [3.05, 3.63) is 17.0 Å². The molecule has 2 N–H and O–H groups in total. The van der Waals surface area contributed by atoms with E-state index in [0.717, 1.165) is 44.4 Å². The Labute approximate surface area is 110 Å². The van der Waals surface area contributed by atoms with Crippen LogP contribution in [0, 0.1) is 6.92 Å². The summed E-state index contributed by atoms with van der Waals surface area (Å²) < 4.78 is 0. The van der Waals surface area contributed by atoms with Crippen molar-refractivity contribution in [3.63, 3.8) is 0 Å². The van der Waals surface area contributed by atoms with Crippen LogP contribution in [-0.2, 0) is 0 Å². The number of nitrogens with zero attached hydrogens (tertiary/aromatic N) is 3. The van der Waals surface area contributed by atoms with Gasteiger partial charge in [0.2, 0.25) is 5.95 Å². The summed E-state index contributed by atoms with van der Waals surface area (Å²) in [4.78, 5) is 8.04. The highest BCUT2D eigenvalue weighted by Gasteiger charge is 2.15. The normalized spacial score (nSPS) is 16.8. The highest BCUT2D eigenvalue weighted by molar-refractivity contribution is 7.13. The second kappa shape index (κ2) is 5.07. The summed E-state index contributed by atoms with van der Waals surface area (Å²) in [5.41, 5.74) is 1.25. The molecule has 0 spiro atoms. The Kier molecular flexibility index (Phi) is 3.29. The van der Waals surface area contributed by atoms with Crippen LogP contribution in [0.3, 0.4) is 0 Å². The maximum absolute atomic E-state index is 4.62. The Hall–Kier alpha value is -1.40. The van der Waals surface area contributed by atoms with E-state index in [2.05, 4.69) is 43.8 Å². The molecule has 6 heteroatoms. The van der Waals surface area contributed by atoms with Gasteiger partial charge in [0.15, 0.2) is 5.82 Å². The highest BCUT2D eigenvalue weighted by Crippen LogP contribution is 2.27. The fraction of sp³-hybridized carbons (Fsp3) is 0.500. The quantitative estimate of drug-likeness (QED) is 0.865. The van der Waals surface area contributed by atoms with Crippen molar-refractivity contribution in [1.82, 2.24) is 20.5 Å². The van der Waals surface area contributed by atoms with E-state index >= 15 is 0 Å². The Morgan fingerprint density at radius 3 is 3.11 bits per heavy atom. The second-order valence-corrected chi connectivity index (χ2v) is 5.42. The van der Waals surface area contributed by atoms with Crippen molar-refractivity contribution in [1.29, 1.82) is 0 Å². The average molecular weight is 263 g/mol. The molecule has 5 nitrogen and oxygen atoms in total. The van der Waals surface area contributed by atoms with E-state index in [1.165, 1.54) is 10.4 Å². The minimum atomic E-state index is 0.821. The lowest BCUT2D eigenvalue weighted by atomic mass is 10.3. The molecule has 0 aromatic carbocycles. The van der Waals surface area contributed by atoms with Gasteiger partial charge in [-0.2, -0.15) is 4.98 Å². The van der Waals surface area contributed by atoms with E-state index in [-0.39, 0.29) is 0 Å². The first-order valence-corrected chi connectivity index (χ1v) is 7.15. The molecule has 3 heterocycles. The van der Waals surface area contributed by atoms with Gasteiger partial charge in [0, 0.05) is 19.6 Å². The van der Waals surface area contributed by atoms with Gasteiger partial charge in [-0.15, -0.1) is 16.4 Å². The van der Waals surface area contributed by atoms with Crippen LogP contribution in [-0.4, -0.2) is 41.4 Å². The first kappa shape index (κ1) is 11.7. The number of anilines is 1. The Morgan fingerprint density at radius 1 is 1.33 bits per heavy atom. The van der Waals surface area contributed by atoms with Crippen LogP contribution in [0.5, 0.6) is 0 Å². The van der Waals surface area contributed by atoms with Crippen LogP contribution in [0.1, 0.15) is 12.0 Å². The predicted octanol–water partition coefficient (Wildman–Crippen LogP) is 1.64. The lowest BCUT2D eigenvalue weighted by Crippen LogP contribution is -2.28. The largest absolute Gasteiger partial charge is 0.338 e. The number of thiophene rings is 1. The Morgan fingerprint density at radius 2 is 2.28 bits per heavy atom. The monoisotopic (exact) mass is 263 g/mol. The molecule has 96 valence electrons. The molecule has 0 bridgehead atoms. The summed E-state index contributed by atoms with van der Waals surface area (Å²) in [6, 6.07) is 2.11. The summed E-state index contributed by atoms with van der Waals surface area (Å²) >= 11 is 1.70. The predicted molar refractivity (Wildman–Crippen MR) is 74.1 cm³/mol. The summed E-state index contributed by atoms with van der Waals surface area (Å²) in [6.45, 7) is 6.18. The van der Waals surface area contributed by atoms with Gasteiger partial charge in [0.25, 0.3) is 0 Å². The van der Waals surface area contributed by atoms with E-state index < -0.39 is 0 Å². The van der Waals surface area contributed by atoms with Crippen LogP contribution < -0.4 is 10.2 Å². The molecule has 0 aliphatic carbocycles. The zero-order chi connectivity index (χ0) is 12.4. The van der Waals surface area contributed by atoms with Crippen LogP contribution in [0.2, 0.25) is 0 Å². The molecule has 1 saturated heterocycles. The molecule has 0 amide bonds. The molecule has 0 atom stereocenters. The third-order valence-electron chi connectivity index (χ3n) is 3.17. The average Bonchev–Trinajstić information content (AvgIpc) is 2.91. The van der Waals surface area contributed by atoms with Crippen LogP contribution in [0.25, 0.3) is 10.7 Å². The number of rotatable bonds is 2. The molecule has 1 aliphatic heterocycles. The van der Waals surface area contributed by atoms with Gasteiger partial charge in [-0.25, -0.2) is 0 Å². The minimum Gasteiger partial charge on any atom is -0.338 e. The fourth-order valence-electron chi connectivity index (χ4n) is 2.16. The van der Waals surface area contributed by atoms with Gasteiger partial charge in [-0.05, 0) is 36.9 Å². The molecule has 2 aromatic rings.